The van der Waals surface area contributed by atoms with E-state index in [-0.39, 0.29) is 0 Å². The summed E-state index contributed by atoms with van der Waals surface area (Å²) in [5.74, 6) is 1.23. The van der Waals surface area contributed by atoms with Gasteiger partial charge in [0.1, 0.15) is 11.3 Å². The van der Waals surface area contributed by atoms with E-state index in [9.17, 15) is 0 Å². The summed E-state index contributed by atoms with van der Waals surface area (Å²) in [6.07, 6.45) is 3.88. The monoisotopic (exact) mass is 289 g/mol. The number of hydrogen-bond acceptors (Lipinski definition) is 3. The lowest BCUT2D eigenvalue weighted by atomic mass is 10.3. The topological polar surface area (TPSA) is 48.5 Å². The van der Waals surface area contributed by atoms with Crippen molar-refractivity contribution in [1.29, 1.82) is 0 Å². The van der Waals surface area contributed by atoms with Gasteiger partial charge < -0.3 is 4.57 Å². The number of rotatable bonds is 4. The van der Waals surface area contributed by atoms with E-state index in [2.05, 4.69) is 19.6 Å². The molecule has 0 N–H and O–H groups in total. The first-order chi connectivity index (χ1) is 9.67. The maximum Gasteiger partial charge on any atom is 0.160 e. The Hall–Kier alpha value is -1.88. The largest absolute Gasteiger partial charge is 0.310 e. The number of aryl methyl sites for hydroxylation is 4. The van der Waals surface area contributed by atoms with Crippen LogP contribution in [0.3, 0.4) is 0 Å². The third-order valence-electron chi connectivity index (χ3n) is 3.25. The third-order valence-corrected chi connectivity index (χ3v) is 3.48. The first kappa shape index (κ1) is 13.1. The Bertz CT molecular complexity index is 743. The number of nitrogens with zero attached hydrogens (tertiary/aromatic N) is 5. The molecule has 0 aliphatic carbocycles. The highest BCUT2D eigenvalue weighted by molar-refractivity contribution is 6.16. The summed E-state index contributed by atoms with van der Waals surface area (Å²) in [6.45, 7) is 5.55. The van der Waals surface area contributed by atoms with E-state index < -0.39 is 0 Å². The van der Waals surface area contributed by atoms with Gasteiger partial charge >= 0.3 is 0 Å². The molecule has 0 unspecified atom stereocenters. The van der Waals surface area contributed by atoms with Crippen LogP contribution < -0.4 is 0 Å². The first-order valence-electron chi connectivity index (χ1n) is 6.55. The molecule has 0 aliphatic heterocycles. The maximum absolute atomic E-state index is 6.00. The molecule has 3 aromatic rings. The molecule has 0 radical (unpaired) electrons. The molecule has 5 nitrogen and oxygen atoms in total. The van der Waals surface area contributed by atoms with Crippen LogP contribution in [0.4, 0.5) is 0 Å². The van der Waals surface area contributed by atoms with Crippen LogP contribution in [0.15, 0.2) is 24.5 Å². The zero-order valence-electron chi connectivity index (χ0n) is 11.5. The van der Waals surface area contributed by atoms with Gasteiger partial charge in [-0.05, 0) is 31.5 Å². The van der Waals surface area contributed by atoms with Crippen molar-refractivity contribution in [2.75, 3.05) is 0 Å². The molecule has 0 fully saturated rings. The molecule has 3 heterocycles. The number of imidazole rings is 1. The lowest BCUT2D eigenvalue weighted by Gasteiger charge is -2.07. The molecule has 0 spiro atoms. The standard InChI is InChI=1S/C14H16ClN5/c1-10-8-16-19(9-10)5-6-20-13(7-15)18-12-4-3-11(2)17-14(12)20/h3-4,8-9H,5-7H2,1-2H3. The van der Waals surface area contributed by atoms with Gasteiger partial charge in [0.2, 0.25) is 0 Å². The molecule has 104 valence electrons. The Morgan fingerprint density at radius 3 is 2.70 bits per heavy atom. The fraction of sp³-hybridized carbons (Fsp3) is 0.357. The number of aromatic nitrogens is 5. The van der Waals surface area contributed by atoms with Gasteiger partial charge in [0.25, 0.3) is 0 Å². The molecule has 0 amide bonds. The highest BCUT2D eigenvalue weighted by atomic mass is 35.5. The summed E-state index contributed by atoms with van der Waals surface area (Å²) in [4.78, 5) is 9.10. The van der Waals surface area contributed by atoms with Crippen molar-refractivity contribution < 1.29 is 0 Å². The minimum Gasteiger partial charge on any atom is -0.310 e. The van der Waals surface area contributed by atoms with Crippen LogP contribution in [0.1, 0.15) is 17.1 Å². The summed E-state index contributed by atoms with van der Waals surface area (Å²) < 4.78 is 4.00. The van der Waals surface area contributed by atoms with Crippen LogP contribution in [-0.4, -0.2) is 24.3 Å². The maximum atomic E-state index is 6.00. The Morgan fingerprint density at radius 2 is 2.00 bits per heavy atom. The number of halogens is 1. The highest BCUT2D eigenvalue weighted by Crippen LogP contribution is 2.16. The van der Waals surface area contributed by atoms with Crippen molar-refractivity contribution in [3.05, 3.63) is 41.6 Å². The Morgan fingerprint density at radius 1 is 1.15 bits per heavy atom. The van der Waals surface area contributed by atoms with Crippen LogP contribution in [0.2, 0.25) is 0 Å². The molecule has 0 bridgehead atoms. The van der Waals surface area contributed by atoms with Gasteiger partial charge in [-0.15, -0.1) is 11.6 Å². The van der Waals surface area contributed by atoms with E-state index in [1.54, 1.807) is 0 Å². The normalized spacial score (nSPS) is 11.3. The fourth-order valence-corrected chi connectivity index (χ4v) is 2.48. The number of hydrogen-bond donors (Lipinski definition) is 0. The minimum atomic E-state index is 0.382. The molecular weight excluding hydrogens is 274 g/mol. The molecule has 6 heteroatoms. The molecule has 3 rings (SSSR count). The summed E-state index contributed by atoms with van der Waals surface area (Å²) in [6, 6.07) is 3.96. The van der Waals surface area contributed by atoms with Gasteiger partial charge in [0.05, 0.1) is 18.6 Å². The Balaban J connectivity index is 1.94. The molecular formula is C14H16ClN5. The summed E-state index contributed by atoms with van der Waals surface area (Å²) in [5, 5.41) is 4.30. The van der Waals surface area contributed by atoms with Crippen LogP contribution in [0, 0.1) is 13.8 Å². The molecule has 0 saturated carbocycles. The Labute approximate surface area is 122 Å². The van der Waals surface area contributed by atoms with Crippen molar-refractivity contribution in [2.45, 2.75) is 32.8 Å². The van der Waals surface area contributed by atoms with Gasteiger partial charge in [-0.3, -0.25) is 4.68 Å². The third kappa shape index (κ3) is 2.41. The highest BCUT2D eigenvalue weighted by Gasteiger charge is 2.11. The summed E-state index contributed by atoms with van der Waals surface area (Å²) >= 11 is 6.00. The summed E-state index contributed by atoms with van der Waals surface area (Å²) in [7, 11) is 0. The zero-order chi connectivity index (χ0) is 14.1. The number of pyridine rings is 1. The van der Waals surface area contributed by atoms with Crippen molar-refractivity contribution in [3.8, 4) is 0 Å². The van der Waals surface area contributed by atoms with E-state index in [4.69, 9.17) is 11.6 Å². The molecule has 0 atom stereocenters. The SMILES string of the molecule is Cc1cnn(CCn2c(CCl)nc3ccc(C)nc32)c1. The van der Waals surface area contributed by atoms with Gasteiger partial charge in [-0.2, -0.15) is 5.10 Å². The van der Waals surface area contributed by atoms with Crippen molar-refractivity contribution >= 4 is 22.8 Å². The predicted molar refractivity (Wildman–Crippen MR) is 78.8 cm³/mol. The van der Waals surface area contributed by atoms with Gasteiger partial charge in [-0.1, -0.05) is 0 Å². The van der Waals surface area contributed by atoms with Gasteiger partial charge in [0, 0.05) is 18.4 Å². The second-order valence-electron chi connectivity index (χ2n) is 4.89. The summed E-state index contributed by atoms with van der Waals surface area (Å²) in [5.41, 5.74) is 3.93. The van der Waals surface area contributed by atoms with Crippen LogP contribution >= 0.6 is 11.6 Å². The van der Waals surface area contributed by atoms with Crippen molar-refractivity contribution in [2.24, 2.45) is 0 Å². The molecule has 0 aliphatic rings. The van der Waals surface area contributed by atoms with E-state index in [1.807, 2.05) is 43.1 Å². The second-order valence-corrected chi connectivity index (χ2v) is 5.16. The number of fused-ring (bicyclic) bond motifs is 1. The zero-order valence-corrected chi connectivity index (χ0v) is 12.3. The lowest BCUT2D eigenvalue weighted by Crippen LogP contribution is -2.10. The smallest absolute Gasteiger partial charge is 0.160 e. The average molecular weight is 290 g/mol. The van der Waals surface area contributed by atoms with Crippen molar-refractivity contribution in [1.82, 2.24) is 24.3 Å². The lowest BCUT2D eigenvalue weighted by molar-refractivity contribution is 0.531. The van der Waals surface area contributed by atoms with Crippen LogP contribution in [0.5, 0.6) is 0 Å². The van der Waals surface area contributed by atoms with Crippen LogP contribution in [-0.2, 0) is 19.0 Å². The first-order valence-corrected chi connectivity index (χ1v) is 7.08. The van der Waals surface area contributed by atoms with Gasteiger partial charge in [-0.25, -0.2) is 9.97 Å². The molecule has 3 aromatic heterocycles. The van der Waals surface area contributed by atoms with Gasteiger partial charge in [0.15, 0.2) is 5.65 Å². The Kier molecular flexibility index (Phi) is 3.44. The predicted octanol–water partition coefficient (Wildman–Crippen LogP) is 2.68. The molecule has 0 aromatic carbocycles. The fourth-order valence-electron chi connectivity index (χ4n) is 2.27. The number of alkyl halides is 1. The van der Waals surface area contributed by atoms with E-state index in [1.165, 1.54) is 0 Å². The van der Waals surface area contributed by atoms with Crippen molar-refractivity contribution in [3.63, 3.8) is 0 Å². The van der Waals surface area contributed by atoms with E-state index in [0.29, 0.717) is 5.88 Å². The quantitative estimate of drug-likeness (QED) is 0.694. The van der Waals surface area contributed by atoms with E-state index >= 15 is 0 Å². The molecule has 20 heavy (non-hydrogen) atoms. The van der Waals surface area contributed by atoms with E-state index in [0.717, 1.165) is 41.3 Å². The molecule has 0 saturated heterocycles. The minimum absolute atomic E-state index is 0.382. The average Bonchev–Trinajstić information content (AvgIpc) is 2.99. The second kappa shape index (κ2) is 5.25. The van der Waals surface area contributed by atoms with Crippen LogP contribution in [0.25, 0.3) is 11.2 Å².